The number of amides is 2. The standard InChI is InChI=1S/C17H18BrNO5/c1-16(2,3)23-13(20)9-19-14(21)17(24-15(19)22)7-6-10-8-11(18)4-5-12(10)17/h4-5,8H,6-7,9H2,1-3H3/t17-/m1/s1. The normalized spacial score (nSPS) is 22.8. The molecule has 128 valence electrons. The lowest BCUT2D eigenvalue weighted by Gasteiger charge is -2.22. The van der Waals surface area contributed by atoms with Crippen LogP contribution in [0.25, 0.3) is 0 Å². The van der Waals surface area contributed by atoms with Crippen molar-refractivity contribution < 1.29 is 23.9 Å². The molecule has 2 amide bonds. The SMILES string of the molecule is CC(C)(C)OC(=O)CN1C(=O)O[C@@]2(CCc3cc(Br)ccc32)C1=O. The molecule has 6 nitrogen and oxygen atoms in total. The summed E-state index contributed by atoms with van der Waals surface area (Å²) in [4.78, 5) is 37.8. The number of rotatable bonds is 2. The molecule has 1 fully saturated rings. The molecule has 1 spiro atoms. The number of halogens is 1. The lowest BCUT2D eigenvalue weighted by Crippen LogP contribution is -2.41. The Bertz CT molecular complexity index is 739. The third-order valence-corrected chi connectivity index (χ3v) is 4.52. The third kappa shape index (κ3) is 2.81. The van der Waals surface area contributed by atoms with Crippen molar-refractivity contribution in [3.63, 3.8) is 0 Å². The summed E-state index contributed by atoms with van der Waals surface area (Å²) in [5, 5.41) is 0. The second kappa shape index (κ2) is 5.58. The highest BCUT2D eigenvalue weighted by molar-refractivity contribution is 9.10. The van der Waals surface area contributed by atoms with Crippen LogP contribution in [0, 0.1) is 0 Å². The Hall–Kier alpha value is -1.89. The van der Waals surface area contributed by atoms with Crippen LogP contribution < -0.4 is 0 Å². The van der Waals surface area contributed by atoms with Crippen LogP contribution in [0.3, 0.4) is 0 Å². The van der Waals surface area contributed by atoms with E-state index in [9.17, 15) is 14.4 Å². The Labute approximate surface area is 148 Å². The third-order valence-electron chi connectivity index (χ3n) is 4.03. The lowest BCUT2D eigenvalue weighted by atomic mass is 9.95. The fourth-order valence-corrected chi connectivity index (χ4v) is 3.53. The molecular weight excluding hydrogens is 378 g/mol. The van der Waals surface area contributed by atoms with Crippen LogP contribution in [0.5, 0.6) is 0 Å². The largest absolute Gasteiger partial charge is 0.459 e. The van der Waals surface area contributed by atoms with Crippen molar-refractivity contribution in [1.82, 2.24) is 4.90 Å². The molecule has 1 saturated heterocycles. The first-order valence-corrected chi connectivity index (χ1v) is 8.47. The highest BCUT2D eigenvalue weighted by Crippen LogP contribution is 2.45. The number of carbonyl (C=O) groups excluding carboxylic acids is 3. The van der Waals surface area contributed by atoms with Gasteiger partial charge in [0.15, 0.2) is 0 Å². The van der Waals surface area contributed by atoms with E-state index in [1.54, 1.807) is 26.8 Å². The van der Waals surface area contributed by atoms with E-state index >= 15 is 0 Å². The second-order valence-electron chi connectivity index (χ2n) is 6.97. The molecule has 0 unspecified atom stereocenters. The summed E-state index contributed by atoms with van der Waals surface area (Å²) in [6.45, 7) is 4.73. The number of carbonyl (C=O) groups is 3. The number of hydrogen-bond acceptors (Lipinski definition) is 5. The van der Waals surface area contributed by atoms with Crippen LogP contribution in [-0.2, 0) is 31.1 Å². The second-order valence-corrected chi connectivity index (χ2v) is 7.89. The number of benzene rings is 1. The molecule has 0 aromatic heterocycles. The molecule has 1 aromatic carbocycles. The highest BCUT2D eigenvalue weighted by Gasteiger charge is 2.58. The van der Waals surface area contributed by atoms with Gasteiger partial charge in [0, 0.05) is 16.5 Å². The monoisotopic (exact) mass is 395 g/mol. The van der Waals surface area contributed by atoms with Gasteiger partial charge in [-0.05, 0) is 44.9 Å². The number of nitrogens with zero attached hydrogens (tertiary/aromatic N) is 1. The molecule has 3 rings (SSSR count). The number of imide groups is 1. The molecule has 0 radical (unpaired) electrons. The number of ether oxygens (including phenoxy) is 2. The summed E-state index contributed by atoms with van der Waals surface area (Å²) in [5.74, 6) is -1.14. The smallest absolute Gasteiger partial charge is 0.418 e. The van der Waals surface area contributed by atoms with Gasteiger partial charge in [0.05, 0.1) is 0 Å². The summed E-state index contributed by atoms with van der Waals surface area (Å²) in [6, 6.07) is 5.51. The molecule has 7 heteroatoms. The van der Waals surface area contributed by atoms with Crippen molar-refractivity contribution in [1.29, 1.82) is 0 Å². The van der Waals surface area contributed by atoms with Crippen molar-refractivity contribution in [3.8, 4) is 0 Å². The van der Waals surface area contributed by atoms with Gasteiger partial charge in [0.2, 0.25) is 5.60 Å². The quantitative estimate of drug-likeness (QED) is 0.719. The molecule has 0 saturated carbocycles. The van der Waals surface area contributed by atoms with Gasteiger partial charge in [-0.3, -0.25) is 9.59 Å². The number of hydrogen-bond donors (Lipinski definition) is 0. The van der Waals surface area contributed by atoms with Crippen molar-refractivity contribution in [3.05, 3.63) is 33.8 Å². The van der Waals surface area contributed by atoms with Gasteiger partial charge in [-0.2, -0.15) is 0 Å². The first-order valence-electron chi connectivity index (χ1n) is 7.68. The average Bonchev–Trinajstić information content (AvgIpc) is 2.91. The Balaban J connectivity index is 1.85. The topological polar surface area (TPSA) is 72.9 Å². The molecular formula is C17H18BrNO5. The summed E-state index contributed by atoms with van der Waals surface area (Å²) in [6.07, 6.45) is 0.212. The molecule has 24 heavy (non-hydrogen) atoms. The van der Waals surface area contributed by atoms with Crippen molar-refractivity contribution in [2.45, 2.75) is 44.8 Å². The molecule has 1 aliphatic carbocycles. The molecule has 0 bridgehead atoms. The number of aryl methyl sites for hydroxylation is 1. The van der Waals surface area contributed by atoms with Gasteiger partial charge < -0.3 is 9.47 Å². The fraction of sp³-hybridized carbons (Fsp3) is 0.471. The van der Waals surface area contributed by atoms with E-state index in [1.807, 2.05) is 12.1 Å². The maximum absolute atomic E-state index is 12.8. The maximum atomic E-state index is 12.8. The predicted octanol–water partition coefficient (Wildman–Crippen LogP) is 2.91. The van der Waals surface area contributed by atoms with E-state index < -0.39 is 35.7 Å². The minimum absolute atomic E-state index is 0.383. The summed E-state index contributed by atoms with van der Waals surface area (Å²) in [7, 11) is 0. The maximum Gasteiger partial charge on any atom is 0.418 e. The van der Waals surface area contributed by atoms with Crippen LogP contribution >= 0.6 is 15.9 Å². The summed E-state index contributed by atoms with van der Waals surface area (Å²) < 4.78 is 11.5. The lowest BCUT2D eigenvalue weighted by molar-refractivity contribution is -0.157. The van der Waals surface area contributed by atoms with E-state index in [1.165, 1.54) is 0 Å². The predicted molar refractivity (Wildman–Crippen MR) is 88.2 cm³/mol. The van der Waals surface area contributed by atoms with E-state index in [-0.39, 0.29) is 0 Å². The Morgan fingerprint density at radius 2 is 2.08 bits per heavy atom. The average molecular weight is 396 g/mol. The van der Waals surface area contributed by atoms with E-state index in [0.29, 0.717) is 18.4 Å². The molecule has 1 atom stereocenters. The molecule has 2 aliphatic rings. The van der Waals surface area contributed by atoms with E-state index in [0.717, 1.165) is 14.9 Å². The molecule has 1 heterocycles. The molecule has 0 N–H and O–H groups in total. The van der Waals surface area contributed by atoms with Crippen molar-refractivity contribution in [2.24, 2.45) is 0 Å². The first kappa shape index (κ1) is 17.0. The van der Waals surface area contributed by atoms with Gasteiger partial charge in [-0.1, -0.05) is 22.0 Å². The zero-order valence-corrected chi connectivity index (χ0v) is 15.3. The zero-order chi connectivity index (χ0) is 17.7. The zero-order valence-electron chi connectivity index (χ0n) is 13.7. The van der Waals surface area contributed by atoms with Gasteiger partial charge >= 0.3 is 12.1 Å². The molecule has 1 aliphatic heterocycles. The van der Waals surface area contributed by atoms with Crippen LogP contribution in [-0.4, -0.2) is 35.0 Å². The highest BCUT2D eigenvalue weighted by atomic mass is 79.9. The Morgan fingerprint density at radius 1 is 1.38 bits per heavy atom. The minimum Gasteiger partial charge on any atom is -0.459 e. The van der Waals surface area contributed by atoms with Crippen LogP contribution in [0.1, 0.15) is 38.3 Å². The van der Waals surface area contributed by atoms with Gasteiger partial charge in [-0.15, -0.1) is 0 Å². The Kier molecular flexibility index (Phi) is 3.94. The van der Waals surface area contributed by atoms with Gasteiger partial charge in [-0.25, -0.2) is 9.69 Å². The van der Waals surface area contributed by atoms with Gasteiger partial charge in [0.1, 0.15) is 12.1 Å². The number of esters is 1. The fourth-order valence-electron chi connectivity index (χ4n) is 3.12. The van der Waals surface area contributed by atoms with Crippen molar-refractivity contribution >= 4 is 33.9 Å². The Morgan fingerprint density at radius 3 is 2.75 bits per heavy atom. The van der Waals surface area contributed by atoms with Crippen LogP contribution in [0.4, 0.5) is 4.79 Å². The van der Waals surface area contributed by atoms with E-state index in [2.05, 4.69) is 15.9 Å². The van der Waals surface area contributed by atoms with E-state index in [4.69, 9.17) is 9.47 Å². The number of fused-ring (bicyclic) bond motifs is 2. The minimum atomic E-state index is -1.31. The first-order chi connectivity index (χ1) is 11.1. The van der Waals surface area contributed by atoms with Crippen molar-refractivity contribution in [2.75, 3.05) is 6.54 Å². The van der Waals surface area contributed by atoms with Gasteiger partial charge in [0.25, 0.3) is 5.91 Å². The molecule has 1 aromatic rings. The summed E-state index contributed by atoms with van der Waals surface area (Å²) >= 11 is 3.40. The summed E-state index contributed by atoms with van der Waals surface area (Å²) in [5.41, 5.74) is -0.344. The van der Waals surface area contributed by atoms with Crippen LogP contribution in [0.2, 0.25) is 0 Å². The van der Waals surface area contributed by atoms with Crippen LogP contribution in [0.15, 0.2) is 22.7 Å².